The van der Waals surface area contributed by atoms with Crippen LogP contribution >= 0.6 is 0 Å². The zero-order valence-corrected chi connectivity index (χ0v) is 24.0. The smallest absolute Gasteiger partial charge is 0.270 e. The van der Waals surface area contributed by atoms with Crippen LogP contribution in [0.5, 0.6) is 0 Å². The first-order chi connectivity index (χ1) is 19.8. The average Bonchev–Trinajstić information content (AvgIpc) is 3.46. The number of halogens is 4. The van der Waals surface area contributed by atoms with E-state index < -0.39 is 36.0 Å². The number of carbonyl (C=O) groups is 2. The van der Waals surface area contributed by atoms with E-state index in [0.717, 1.165) is 12.8 Å². The molecule has 3 aromatic rings. The van der Waals surface area contributed by atoms with Gasteiger partial charge in [0.15, 0.2) is 5.65 Å². The lowest BCUT2D eigenvalue weighted by atomic mass is 9.49. The van der Waals surface area contributed by atoms with E-state index in [1.165, 1.54) is 0 Å². The molecule has 0 radical (unpaired) electrons. The number of hydrogen-bond donors (Lipinski definition) is 2. The molecule has 0 bridgehead atoms. The van der Waals surface area contributed by atoms with Gasteiger partial charge >= 0.3 is 0 Å². The first-order valence-electron chi connectivity index (χ1n) is 14.5. The zero-order valence-electron chi connectivity index (χ0n) is 24.0. The van der Waals surface area contributed by atoms with Gasteiger partial charge in [-0.25, -0.2) is 27.1 Å². The van der Waals surface area contributed by atoms with Crippen LogP contribution in [0, 0.1) is 11.8 Å². The summed E-state index contributed by atoms with van der Waals surface area (Å²) >= 11 is 0. The molecule has 2 saturated carbocycles. The van der Waals surface area contributed by atoms with Crippen LogP contribution in [0.15, 0.2) is 30.7 Å². The lowest BCUT2D eigenvalue weighted by Crippen LogP contribution is -2.42. The number of alkyl halides is 4. The Hall–Kier alpha value is -3.32. The summed E-state index contributed by atoms with van der Waals surface area (Å²) in [5, 5.41) is 14.3. The standard InChI is InChI=1S/C26H34B3F4N7O2/c27-26(28,29)40-18(7-10-34-40)24(42)38-23(15-5-8-25(32,33)9-6-15)17-13-39-20(36-17)11-16(12-35-39)22(14-1-2-14)37-21(41)4-3-19(30)31/h7,10-15,19,22-23H,1-6,8-9,27-29H2,(H,37,41)(H,38,42)/t22?,23-/m0/s1. The normalized spacial score (nSPS) is 19.1. The largest absolute Gasteiger partial charge is 0.349 e. The Bertz CT molecular complexity index is 1430. The van der Waals surface area contributed by atoms with Crippen LogP contribution in [-0.4, -0.2) is 72.1 Å². The maximum Gasteiger partial charge on any atom is 0.270 e. The molecule has 3 aromatic heterocycles. The summed E-state index contributed by atoms with van der Waals surface area (Å²) in [5.41, 5.74) is 2.02. The third-order valence-corrected chi connectivity index (χ3v) is 8.07. The van der Waals surface area contributed by atoms with Gasteiger partial charge in [0.1, 0.15) is 29.2 Å². The summed E-state index contributed by atoms with van der Waals surface area (Å²) in [6.45, 7) is 0. The van der Waals surface area contributed by atoms with Gasteiger partial charge in [-0.15, -0.1) is 0 Å². The maximum absolute atomic E-state index is 14.1. The molecule has 2 aliphatic rings. The molecule has 1 unspecified atom stereocenters. The number of nitrogens with zero attached hydrogens (tertiary/aromatic N) is 5. The second-order valence-corrected chi connectivity index (χ2v) is 12.5. The van der Waals surface area contributed by atoms with Crippen LogP contribution in [0.4, 0.5) is 17.6 Å². The SMILES string of the molecule is BC(B)(B)n1nccc1C(=O)N[C@H](c1cn2ncc(C(NC(=O)CCC(F)F)C3CC3)cc2n1)C1CCC(F)(F)CC1. The lowest BCUT2D eigenvalue weighted by Gasteiger charge is -2.33. The van der Waals surface area contributed by atoms with E-state index in [2.05, 4.69) is 20.8 Å². The topological polar surface area (TPSA) is 106 Å². The number of nitrogens with one attached hydrogen (secondary N) is 2. The van der Waals surface area contributed by atoms with Gasteiger partial charge in [-0.1, -0.05) is 0 Å². The zero-order chi connectivity index (χ0) is 30.2. The molecule has 5 rings (SSSR count). The fraction of sp³-hybridized carbons (Fsp3) is 0.577. The van der Waals surface area contributed by atoms with E-state index >= 15 is 0 Å². The molecule has 0 aromatic carbocycles. The van der Waals surface area contributed by atoms with Crippen molar-refractivity contribution < 1.29 is 27.2 Å². The third-order valence-electron chi connectivity index (χ3n) is 8.07. The molecule has 0 saturated heterocycles. The molecule has 2 fully saturated rings. The van der Waals surface area contributed by atoms with Gasteiger partial charge in [-0.05, 0) is 60.5 Å². The van der Waals surface area contributed by atoms with E-state index in [1.807, 2.05) is 23.5 Å². The highest BCUT2D eigenvalue weighted by molar-refractivity contribution is 6.56. The third kappa shape index (κ3) is 7.00. The van der Waals surface area contributed by atoms with Crippen molar-refractivity contribution in [1.29, 1.82) is 0 Å². The minimum atomic E-state index is -2.73. The number of rotatable bonds is 11. The van der Waals surface area contributed by atoms with Crippen LogP contribution in [0.25, 0.3) is 5.65 Å². The van der Waals surface area contributed by atoms with Gasteiger partial charge in [-0.2, -0.15) is 10.2 Å². The number of imidazole rings is 1. The van der Waals surface area contributed by atoms with Gasteiger partial charge < -0.3 is 10.6 Å². The van der Waals surface area contributed by atoms with E-state index in [1.54, 1.807) is 39.9 Å². The highest BCUT2D eigenvalue weighted by atomic mass is 19.3. The van der Waals surface area contributed by atoms with Crippen molar-refractivity contribution in [3.8, 4) is 0 Å². The van der Waals surface area contributed by atoms with Gasteiger partial charge in [0, 0.05) is 31.9 Å². The van der Waals surface area contributed by atoms with Crippen molar-refractivity contribution in [2.24, 2.45) is 11.8 Å². The molecular formula is C26H34B3F4N7O2. The minimum Gasteiger partial charge on any atom is -0.349 e. The molecule has 42 heavy (non-hydrogen) atoms. The molecule has 2 amide bonds. The van der Waals surface area contributed by atoms with E-state index in [0.29, 0.717) is 22.6 Å². The van der Waals surface area contributed by atoms with Crippen molar-refractivity contribution in [3.05, 3.63) is 47.7 Å². The van der Waals surface area contributed by atoms with Gasteiger partial charge in [-0.3, -0.25) is 14.3 Å². The van der Waals surface area contributed by atoms with Crippen LogP contribution in [0.3, 0.4) is 0 Å². The van der Waals surface area contributed by atoms with E-state index in [-0.39, 0.29) is 55.9 Å². The molecule has 16 heteroatoms. The Balaban J connectivity index is 1.42. The molecular weight excluding hydrogens is 551 g/mol. The predicted octanol–water partition coefficient (Wildman–Crippen LogP) is 1.30. The van der Waals surface area contributed by atoms with Gasteiger partial charge in [0.05, 0.1) is 30.2 Å². The number of hydrogen-bond acceptors (Lipinski definition) is 5. The number of amides is 2. The van der Waals surface area contributed by atoms with Crippen LogP contribution in [0.2, 0.25) is 0 Å². The first-order valence-corrected chi connectivity index (χ1v) is 14.5. The summed E-state index contributed by atoms with van der Waals surface area (Å²) in [5.74, 6) is -3.64. The van der Waals surface area contributed by atoms with Crippen molar-refractivity contribution in [1.82, 2.24) is 35.0 Å². The van der Waals surface area contributed by atoms with Crippen LogP contribution < -0.4 is 10.6 Å². The molecule has 2 atom stereocenters. The van der Waals surface area contributed by atoms with E-state index in [4.69, 9.17) is 4.98 Å². The van der Waals surface area contributed by atoms with Gasteiger partial charge in [0.2, 0.25) is 18.3 Å². The van der Waals surface area contributed by atoms with Crippen molar-refractivity contribution >= 4 is 41.0 Å². The Labute approximate surface area is 243 Å². The summed E-state index contributed by atoms with van der Waals surface area (Å²) in [6.07, 6.45) is 3.24. The Morgan fingerprint density at radius 2 is 1.74 bits per heavy atom. The quantitative estimate of drug-likeness (QED) is 0.261. The second-order valence-electron chi connectivity index (χ2n) is 12.5. The Kier molecular flexibility index (Phi) is 8.44. The maximum atomic E-state index is 14.1. The highest BCUT2D eigenvalue weighted by Crippen LogP contribution is 2.43. The first kappa shape index (κ1) is 30.2. The Morgan fingerprint density at radius 3 is 2.38 bits per heavy atom. The van der Waals surface area contributed by atoms with Crippen molar-refractivity contribution in [2.75, 3.05) is 0 Å². The predicted molar refractivity (Wildman–Crippen MR) is 155 cm³/mol. The molecule has 3 heterocycles. The Morgan fingerprint density at radius 1 is 1.05 bits per heavy atom. The minimum absolute atomic E-state index is 0.183. The molecule has 2 aliphatic carbocycles. The summed E-state index contributed by atoms with van der Waals surface area (Å²) in [7, 11) is 5.79. The van der Waals surface area contributed by atoms with Gasteiger partial charge in [0.25, 0.3) is 5.91 Å². The number of fused-ring (bicyclic) bond motifs is 1. The molecule has 9 nitrogen and oxygen atoms in total. The second kappa shape index (κ2) is 11.8. The van der Waals surface area contributed by atoms with Crippen LogP contribution in [-0.2, 0) is 10.0 Å². The molecule has 2 N–H and O–H groups in total. The van der Waals surface area contributed by atoms with E-state index in [9.17, 15) is 27.2 Å². The summed E-state index contributed by atoms with van der Waals surface area (Å²) < 4.78 is 56.5. The number of aromatic nitrogens is 5. The highest BCUT2D eigenvalue weighted by Gasteiger charge is 2.40. The molecule has 0 spiro atoms. The number of carbonyl (C=O) groups excluding carboxylic acids is 2. The monoisotopic (exact) mass is 585 g/mol. The fourth-order valence-electron chi connectivity index (χ4n) is 5.67. The van der Waals surface area contributed by atoms with Crippen molar-refractivity contribution in [3.63, 3.8) is 0 Å². The molecule has 0 aliphatic heterocycles. The molecule has 222 valence electrons. The fourth-order valence-corrected chi connectivity index (χ4v) is 5.67. The lowest BCUT2D eigenvalue weighted by molar-refractivity contribution is -0.122. The summed E-state index contributed by atoms with van der Waals surface area (Å²) in [6, 6.07) is 2.39. The van der Waals surface area contributed by atoms with Crippen molar-refractivity contribution in [2.45, 2.75) is 81.0 Å². The average molecular weight is 585 g/mol. The summed E-state index contributed by atoms with van der Waals surface area (Å²) in [4.78, 5) is 30.6. The van der Waals surface area contributed by atoms with Crippen LogP contribution in [0.1, 0.15) is 85.2 Å².